The first-order chi connectivity index (χ1) is 9.01. The summed E-state index contributed by atoms with van der Waals surface area (Å²) in [4.78, 5) is 11.1. The molecule has 0 saturated carbocycles. The van der Waals surface area contributed by atoms with Crippen LogP contribution in [-0.2, 0) is 0 Å². The molecule has 0 aliphatic carbocycles. The van der Waals surface area contributed by atoms with Gasteiger partial charge in [-0.05, 0) is 17.7 Å². The molecule has 6 nitrogen and oxygen atoms in total. The summed E-state index contributed by atoms with van der Waals surface area (Å²) in [6.45, 7) is -2.99. The van der Waals surface area contributed by atoms with E-state index in [4.69, 9.17) is 10.1 Å². The smallest absolute Gasteiger partial charge is 0.387 e. The van der Waals surface area contributed by atoms with E-state index in [0.29, 0.717) is 5.56 Å². The number of hydrogen-bond donors (Lipinski definition) is 3. The summed E-state index contributed by atoms with van der Waals surface area (Å²) in [6, 6.07) is 3.08. The van der Waals surface area contributed by atoms with E-state index in [1.807, 2.05) is 0 Å². The molecule has 0 bridgehead atoms. The number of alkyl halides is 2. The normalized spacial score (nSPS) is 18.2. The third kappa shape index (κ3) is 2.72. The van der Waals surface area contributed by atoms with E-state index >= 15 is 0 Å². The van der Waals surface area contributed by atoms with E-state index in [1.54, 1.807) is 6.07 Å². The van der Waals surface area contributed by atoms with Crippen LogP contribution in [0.5, 0.6) is 11.5 Å². The predicted molar refractivity (Wildman–Crippen MR) is 61.8 cm³/mol. The predicted octanol–water partition coefficient (Wildman–Crippen LogP) is 1.63. The van der Waals surface area contributed by atoms with Crippen molar-refractivity contribution in [3.63, 3.8) is 0 Å². The van der Waals surface area contributed by atoms with Gasteiger partial charge in [-0.1, -0.05) is 6.07 Å². The number of urea groups is 1. The highest BCUT2D eigenvalue weighted by atomic mass is 19.3. The zero-order valence-electron chi connectivity index (χ0n) is 9.87. The Morgan fingerprint density at radius 2 is 2.11 bits per heavy atom. The van der Waals surface area contributed by atoms with Gasteiger partial charge in [0.15, 0.2) is 11.5 Å². The molecule has 1 atom stereocenters. The van der Waals surface area contributed by atoms with Crippen molar-refractivity contribution in [1.82, 2.24) is 10.6 Å². The van der Waals surface area contributed by atoms with E-state index in [-0.39, 0.29) is 17.3 Å². The van der Waals surface area contributed by atoms with Gasteiger partial charge in [0.2, 0.25) is 0 Å². The molecule has 1 aliphatic heterocycles. The van der Waals surface area contributed by atoms with Gasteiger partial charge in [-0.3, -0.25) is 10.7 Å². The van der Waals surface area contributed by atoms with Crippen LogP contribution < -0.4 is 20.1 Å². The maximum atomic E-state index is 12.3. The Morgan fingerprint density at radius 1 is 1.37 bits per heavy atom. The molecule has 1 unspecified atom stereocenters. The number of rotatable bonds is 4. The summed E-state index contributed by atoms with van der Waals surface area (Å²) < 4.78 is 33.8. The minimum absolute atomic E-state index is 0.0573. The number of hydrogen-bond acceptors (Lipinski definition) is 4. The van der Waals surface area contributed by atoms with E-state index in [9.17, 15) is 13.6 Å². The van der Waals surface area contributed by atoms with Crippen LogP contribution in [0.15, 0.2) is 18.2 Å². The number of halogens is 2. The SMILES string of the molecule is COc1ccc(C2NC(=O)NC2=N)cc1OC(F)F. The fourth-order valence-electron chi connectivity index (χ4n) is 1.74. The number of methoxy groups -OCH3 is 1. The first kappa shape index (κ1) is 13.1. The molecule has 0 radical (unpaired) electrons. The molecule has 1 heterocycles. The van der Waals surface area contributed by atoms with E-state index in [1.165, 1.54) is 19.2 Å². The molecule has 3 N–H and O–H groups in total. The summed E-state index contributed by atoms with van der Waals surface area (Å²) in [5.41, 5.74) is 0.444. The number of carbonyl (C=O) groups is 1. The Hall–Kier alpha value is -2.38. The Labute approximate surface area is 107 Å². The minimum Gasteiger partial charge on any atom is -0.493 e. The molecule has 2 rings (SSSR count). The molecule has 0 aromatic heterocycles. The lowest BCUT2D eigenvalue weighted by atomic mass is 10.1. The molecule has 8 heteroatoms. The molecule has 1 aliphatic rings. The van der Waals surface area contributed by atoms with Crippen molar-refractivity contribution in [3.8, 4) is 11.5 Å². The number of carbonyl (C=O) groups excluding carboxylic acids is 1. The molecule has 2 amide bonds. The monoisotopic (exact) mass is 271 g/mol. The number of nitrogens with one attached hydrogen (secondary N) is 3. The van der Waals surface area contributed by atoms with E-state index in [0.717, 1.165) is 0 Å². The second-order valence-corrected chi connectivity index (χ2v) is 3.73. The van der Waals surface area contributed by atoms with Crippen molar-refractivity contribution in [2.45, 2.75) is 12.7 Å². The number of amides is 2. The molecule has 1 aromatic rings. The van der Waals surface area contributed by atoms with Gasteiger partial charge in [0.1, 0.15) is 11.9 Å². The Balaban J connectivity index is 2.32. The molecule has 0 spiro atoms. The van der Waals surface area contributed by atoms with Gasteiger partial charge in [0.05, 0.1) is 7.11 Å². The Bertz CT molecular complexity index is 522. The van der Waals surface area contributed by atoms with Gasteiger partial charge in [-0.2, -0.15) is 8.78 Å². The van der Waals surface area contributed by atoms with Crippen molar-refractivity contribution >= 4 is 11.9 Å². The minimum atomic E-state index is -2.99. The average molecular weight is 271 g/mol. The van der Waals surface area contributed by atoms with E-state index in [2.05, 4.69) is 15.4 Å². The lowest BCUT2D eigenvalue weighted by molar-refractivity contribution is -0.0512. The van der Waals surface area contributed by atoms with Crippen LogP contribution in [0.3, 0.4) is 0 Å². The summed E-state index contributed by atoms with van der Waals surface area (Å²) in [7, 11) is 1.33. The van der Waals surface area contributed by atoms with Gasteiger partial charge in [0, 0.05) is 0 Å². The maximum absolute atomic E-state index is 12.3. The van der Waals surface area contributed by atoms with Crippen LogP contribution in [0.4, 0.5) is 13.6 Å². The molecule has 1 fully saturated rings. The zero-order valence-corrected chi connectivity index (χ0v) is 9.87. The summed E-state index contributed by atoms with van der Waals surface area (Å²) >= 11 is 0. The molecule has 1 saturated heterocycles. The summed E-state index contributed by atoms with van der Waals surface area (Å²) in [5.74, 6) is -0.0602. The summed E-state index contributed by atoms with van der Waals surface area (Å²) in [5, 5.41) is 12.3. The topological polar surface area (TPSA) is 83.4 Å². The van der Waals surface area contributed by atoms with Gasteiger partial charge in [-0.25, -0.2) is 4.79 Å². The van der Waals surface area contributed by atoms with Crippen LogP contribution in [0.1, 0.15) is 11.6 Å². The number of ether oxygens (including phenoxy) is 2. The molecule has 19 heavy (non-hydrogen) atoms. The van der Waals surface area contributed by atoms with E-state index < -0.39 is 18.7 Å². The molecule has 102 valence electrons. The fourth-order valence-corrected chi connectivity index (χ4v) is 1.74. The third-order valence-corrected chi connectivity index (χ3v) is 2.55. The molecular formula is C11H11F2N3O3. The van der Waals surface area contributed by atoms with Crippen molar-refractivity contribution < 1.29 is 23.0 Å². The van der Waals surface area contributed by atoms with Crippen LogP contribution in [0.25, 0.3) is 0 Å². The number of amidine groups is 1. The van der Waals surface area contributed by atoms with Crippen molar-refractivity contribution in [3.05, 3.63) is 23.8 Å². The number of benzene rings is 1. The zero-order chi connectivity index (χ0) is 14.0. The molecule has 1 aromatic carbocycles. The Morgan fingerprint density at radius 3 is 2.63 bits per heavy atom. The van der Waals surface area contributed by atoms with Crippen LogP contribution in [0.2, 0.25) is 0 Å². The second kappa shape index (κ2) is 5.09. The first-order valence-corrected chi connectivity index (χ1v) is 5.30. The third-order valence-electron chi connectivity index (χ3n) is 2.55. The molecular weight excluding hydrogens is 260 g/mol. The highest BCUT2D eigenvalue weighted by Crippen LogP contribution is 2.32. The largest absolute Gasteiger partial charge is 0.493 e. The van der Waals surface area contributed by atoms with Crippen LogP contribution >= 0.6 is 0 Å². The summed E-state index contributed by atoms with van der Waals surface area (Å²) in [6.07, 6.45) is 0. The maximum Gasteiger partial charge on any atom is 0.387 e. The quantitative estimate of drug-likeness (QED) is 0.778. The second-order valence-electron chi connectivity index (χ2n) is 3.73. The van der Waals surface area contributed by atoms with Gasteiger partial charge >= 0.3 is 12.6 Å². The van der Waals surface area contributed by atoms with Crippen molar-refractivity contribution in [1.29, 1.82) is 5.41 Å². The lowest BCUT2D eigenvalue weighted by Gasteiger charge is -2.14. The highest BCUT2D eigenvalue weighted by Gasteiger charge is 2.28. The van der Waals surface area contributed by atoms with Crippen molar-refractivity contribution in [2.24, 2.45) is 0 Å². The van der Waals surface area contributed by atoms with Crippen molar-refractivity contribution in [2.75, 3.05) is 7.11 Å². The van der Waals surface area contributed by atoms with Gasteiger partial charge in [-0.15, -0.1) is 0 Å². The fraction of sp³-hybridized carbons (Fsp3) is 0.273. The first-order valence-electron chi connectivity index (χ1n) is 5.30. The average Bonchev–Trinajstić information content (AvgIpc) is 2.67. The van der Waals surface area contributed by atoms with Crippen LogP contribution in [-0.4, -0.2) is 25.6 Å². The van der Waals surface area contributed by atoms with Crippen LogP contribution in [0, 0.1) is 5.41 Å². The highest BCUT2D eigenvalue weighted by molar-refractivity contribution is 6.06. The van der Waals surface area contributed by atoms with Gasteiger partial charge < -0.3 is 14.8 Å². The van der Waals surface area contributed by atoms with Gasteiger partial charge in [0.25, 0.3) is 0 Å². The Kier molecular flexibility index (Phi) is 3.50. The lowest BCUT2D eigenvalue weighted by Crippen LogP contribution is -2.22. The standard InChI is InChI=1S/C11H11F2N3O3/c1-18-6-3-2-5(4-7(6)19-10(12)13)8-9(14)16-11(17)15-8/h2-4,8,10H,1H3,(H3,14,15,16,17).